The number of rotatable bonds is 3. The first-order valence-corrected chi connectivity index (χ1v) is 7.95. The fourth-order valence-electron chi connectivity index (χ4n) is 2.61. The highest BCUT2D eigenvalue weighted by molar-refractivity contribution is 7.91. The van der Waals surface area contributed by atoms with E-state index in [1.807, 2.05) is 0 Å². The zero-order valence-corrected chi connectivity index (χ0v) is 11.1. The van der Waals surface area contributed by atoms with Crippen molar-refractivity contribution in [3.05, 3.63) is 0 Å². The van der Waals surface area contributed by atoms with Crippen LogP contribution < -0.4 is 5.73 Å². The Hall–Kier alpha value is -0.860. The summed E-state index contributed by atoms with van der Waals surface area (Å²) in [6.45, 7) is 3.81. The molecule has 0 radical (unpaired) electrons. The molecule has 0 bridgehead atoms. The molecule has 2 fully saturated rings. The second-order valence-electron chi connectivity index (χ2n) is 4.96. The summed E-state index contributed by atoms with van der Waals surface area (Å²) < 4.78 is 22.9. The lowest BCUT2D eigenvalue weighted by molar-refractivity contribution is 0.114. The second-order valence-corrected chi connectivity index (χ2v) is 7.19. The normalized spacial score (nSPS) is 30.7. The minimum absolute atomic E-state index is 0.181. The van der Waals surface area contributed by atoms with Crippen molar-refractivity contribution in [1.82, 2.24) is 9.80 Å². The minimum Gasteiger partial charge on any atom is -0.409 e. The van der Waals surface area contributed by atoms with Crippen LogP contribution in [0.2, 0.25) is 0 Å². The third-order valence-corrected chi connectivity index (χ3v) is 5.40. The average molecular weight is 276 g/mol. The largest absolute Gasteiger partial charge is 0.409 e. The fraction of sp³-hybridized carbons (Fsp3) is 0.900. The number of hydrogen-bond acceptors (Lipinski definition) is 6. The van der Waals surface area contributed by atoms with Gasteiger partial charge in [-0.1, -0.05) is 5.16 Å². The molecular formula is C10H20N4O3S. The average Bonchev–Trinajstić information content (AvgIpc) is 2.70. The van der Waals surface area contributed by atoms with E-state index in [9.17, 15) is 8.42 Å². The maximum Gasteiger partial charge on any atom is 0.153 e. The Morgan fingerprint density at radius 2 is 2.00 bits per heavy atom. The first kappa shape index (κ1) is 13.6. The Morgan fingerprint density at radius 3 is 2.50 bits per heavy atom. The molecule has 8 heteroatoms. The Kier molecular flexibility index (Phi) is 4.08. The molecule has 2 rings (SSSR count). The predicted molar refractivity (Wildman–Crippen MR) is 68.5 cm³/mol. The molecule has 2 saturated heterocycles. The zero-order chi connectivity index (χ0) is 13.2. The Labute approximate surface area is 107 Å². The molecule has 2 aliphatic heterocycles. The van der Waals surface area contributed by atoms with E-state index in [4.69, 9.17) is 10.9 Å². The van der Waals surface area contributed by atoms with E-state index >= 15 is 0 Å². The molecule has 2 heterocycles. The summed E-state index contributed by atoms with van der Waals surface area (Å²) in [6, 6.07) is 0.181. The second kappa shape index (κ2) is 5.41. The third kappa shape index (κ3) is 3.33. The van der Waals surface area contributed by atoms with Crippen LogP contribution in [0.25, 0.3) is 0 Å². The number of piperazine rings is 1. The van der Waals surface area contributed by atoms with Crippen molar-refractivity contribution in [1.29, 1.82) is 0 Å². The Morgan fingerprint density at radius 1 is 1.33 bits per heavy atom. The fourth-order valence-corrected chi connectivity index (χ4v) is 4.37. The highest BCUT2D eigenvalue weighted by Crippen LogP contribution is 2.19. The molecule has 1 unspecified atom stereocenters. The number of amidine groups is 1. The SMILES string of the molecule is NC(CN1CCN(C2CCS(=O)(=O)C2)CC1)=NO. The number of oxime groups is 1. The molecule has 1 atom stereocenters. The van der Waals surface area contributed by atoms with Crippen molar-refractivity contribution in [3.63, 3.8) is 0 Å². The maximum atomic E-state index is 11.4. The van der Waals surface area contributed by atoms with Gasteiger partial charge in [0.2, 0.25) is 0 Å². The van der Waals surface area contributed by atoms with Crippen LogP contribution in [0.4, 0.5) is 0 Å². The van der Waals surface area contributed by atoms with E-state index in [0.29, 0.717) is 18.1 Å². The predicted octanol–water partition coefficient (Wildman–Crippen LogP) is -1.46. The first-order valence-electron chi connectivity index (χ1n) is 6.13. The standard InChI is InChI=1S/C10H20N4O3S/c11-10(12-15)7-13-2-4-14(5-3-13)9-1-6-18(16,17)8-9/h9,15H,1-8H2,(H2,11,12). The lowest BCUT2D eigenvalue weighted by Crippen LogP contribution is -2.52. The molecule has 0 aromatic heterocycles. The molecule has 2 aliphatic rings. The van der Waals surface area contributed by atoms with Gasteiger partial charge in [-0.2, -0.15) is 0 Å². The van der Waals surface area contributed by atoms with Crippen LogP contribution in [-0.4, -0.2) is 79.5 Å². The number of hydrogen-bond donors (Lipinski definition) is 2. The van der Waals surface area contributed by atoms with Gasteiger partial charge in [-0.15, -0.1) is 0 Å². The van der Waals surface area contributed by atoms with Crippen molar-refractivity contribution in [3.8, 4) is 0 Å². The van der Waals surface area contributed by atoms with Crippen LogP contribution in [0.15, 0.2) is 5.16 Å². The van der Waals surface area contributed by atoms with E-state index in [-0.39, 0.29) is 11.9 Å². The smallest absolute Gasteiger partial charge is 0.153 e. The van der Waals surface area contributed by atoms with Crippen LogP contribution in [0.1, 0.15) is 6.42 Å². The van der Waals surface area contributed by atoms with Crippen molar-refractivity contribution in [2.45, 2.75) is 12.5 Å². The van der Waals surface area contributed by atoms with Gasteiger partial charge in [-0.25, -0.2) is 8.42 Å². The van der Waals surface area contributed by atoms with Crippen molar-refractivity contribution in [2.24, 2.45) is 10.9 Å². The van der Waals surface area contributed by atoms with Gasteiger partial charge in [0, 0.05) is 32.2 Å². The van der Waals surface area contributed by atoms with Gasteiger partial charge in [0.15, 0.2) is 15.7 Å². The first-order chi connectivity index (χ1) is 8.50. The summed E-state index contributed by atoms with van der Waals surface area (Å²) in [6.07, 6.45) is 0.753. The van der Waals surface area contributed by atoms with Crippen LogP contribution in [0, 0.1) is 0 Å². The topological polar surface area (TPSA) is 99.2 Å². The minimum atomic E-state index is -2.81. The van der Waals surface area contributed by atoms with Crippen molar-refractivity contribution < 1.29 is 13.6 Å². The van der Waals surface area contributed by atoms with Gasteiger partial charge in [-0.05, 0) is 6.42 Å². The molecule has 3 N–H and O–H groups in total. The zero-order valence-electron chi connectivity index (χ0n) is 10.3. The third-order valence-electron chi connectivity index (χ3n) is 3.65. The van der Waals surface area contributed by atoms with Gasteiger partial charge in [0.25, 0.3) is 0 Å². The number of nitrogens with zero attached hydrogens (tertiary/aromatic N) is 3. The summed E-state index contributed by atoms with van der Waals surface area (Å²) >= 11 is 0. The van der Waals surface area contributed by atoms with Gasteiger partial charge < -0.3 is 10.9 Å². The lowest BCUT2D eigenvalue weighted by atomic mass is 10.2. The quantitative estimate of drug-likeness (QED) is 0.283. The molecule has 18 heavy (non-hydrogen) atoms. The number of sulfone groups is 1. The lowest BCUT2D eigenvalue weighted by Gasteiger charge is -2.37. The van der Waals surface area contributed by atoms with Crippen LogP contribution in [0.3, 0.4) is 0 Å². The van der Waals surface area contributed by atoms with Gasteiger partial charge >= 0.3 is 0 Å². The molecule has 0 saturated carbocycles. The monoisotopic (exact) mass is 276 g/mol. The summed E-state index contributed by atoms with van der Waals surface area (Å²) in [7, 11) is -2.81. The molecule has 0 spiro atoms. The van der Waals surface area contributed by atoms with Crippen LogP contribution in [-0.2, 0) is 9.84 Å². The Bertz CT molecular complexity index is 415. The highest BCUT2D eigenvalue weighted by atomic mass is 32.2. The van der Waals surface area contributed by atoms with Gasteiger partial charge in [0.05, 0.1) is 18.1 Å². The van der Waals surface area contributed by atoms with Crippen molar-refractivity contribution in [2.75, 3.05) is 44.2 Å². The van der Waals surface area contributed by atoms with Crippen LogP contribution in [0.5, 0.6) is 0 Å². The summed E-state index contributed by atoms with van der Waals surface area (Å²) in [5, 5.41) is 11.5. The summed E-state index contributed by atoms with van der Waals surface area (Å²) in [5.41, 5.74) is 5.46. The molecule has 0 aromatic rings. The Balaban J connectivity index is 1.80. The van der Waals surface area contributed by atoms with E-state index in [1.165, 1.54) is 0 Å². The van der Waals surface area contributed by atoms with Gasteiger partial charge in [0.1, 0.15) is 0 Å². The van der Waals surface area contributed by atoms with E-state index < -0.39 is 9.84 Å². The summed E-state index contributed by atoms with van der Waals surface area (Å²) in [5.74, 6) is 0.835. The van der Waals surface area contributed by atoms with E-state index in [2.05, 4.69) is 15.0 Å². The molecule has 7 nitrogen and oxygen atoms in total. The van der Waals surface area contributed by atoms with Crippen LogP contribution >= 0.6 is 0 Å². The van der Waals surface area contributed by atoms with Gasteiger partial charge in [-0.3, -0.25) is 9.80 Å². The number of nitrogens with two attached hydrogens (primary N) is 1. The van der Waals surface area contributed by atoms with E-state index in [1.54, 1.807) is 0 Å². The molecule has 0 aliphatic carbocycles. The molecular weight excluding hydrogens is 256 g/mol. The highest BCUT2D eigenvalue weighted by Gasteiger charge is 2.33. The maximum absolute atomic E-state index is 11.4. The molecule has 104 valence electrons. The van der Waals surface area contributed by atoms with E-state index in [0.717, 1.165) is 32.6 Å². The molecule has 0 aromatic carbocycles. The summed E-state index contributed by atoms with van der Waals surface area (Å²) in [4.78, 5) is 4.35. The molecule has 0 amide bonds. The van der Waals surface area contributed by atoms with Crippen molar-refractivity contribution >= 4 is 15.7 Å².